The summed E-state index contributed by atoms with van der Waals surface area (Å²) in [6.07, 6.45) is 1.81. The van der Waals surface area contributed by atoms with E-state index in [1.165, 1.54) is 11.3 Å². The van der Waals surface area contributed by atoms with Crippen molar-refractivity contribution >= 4 is 5.69 Å². The SMILES string of the molecule is CC(N)(C#N)CCN1CCc2ccccc21. The zero-order chi connectivity index (χ0) is 11.6. The molecule has 0 aliphatic carbocycles. The summed E-state index contributed by atoms with van der Waals surface area (Å²) >= 11 is 0. The Morgan fingerprint density at radius 1 is 1.50 bits per heavy atom. The van der Waals surface area contributed by atoms with Crippen LogP contribution in [0.25, 0.3) is 0 Å². The molecule has 2 N–H and O–H groups in total. The standard InChI is InChI=1S/C13H17N3/c1-13(15,10-14)7-9-16-8-6-11-4-2-3-5-12(11)16/h2-5H,6-9,15H2,1H3. The van der Waals surface area contributed by atoms with Crippen molar-refractivity contribution in [2.75, 3.05) is 18.0 Å². The minimum Gasteiger partial charge on any atom is -0.371 e. The van der Waals surface area contributed by atoms with E-state index in [1.807, 2.05) is 0 Å². The van der Waals surface area contributed by atoms with E-state index in [-0.39, 0.29) is 0 Å². The molecule has 84 valence electrons. The van der Waals surface area contributed by atoms with Crippen LogP contribution in [0.3, 0.4) is 0 Å². The van der Waals surface area contributed by atoms with Crippen LogP contribution >= 0.6 is 0 Å². The molecule has 0 saturated heterocycles. The quantitative estimate of drug-likeness (QED) is 0.834. The molecule has 0 fully saturated rings. The maximum Gasteiger partial charge on any atom is 0.103 e. The van der Waals surface area contributed by atoms with Crippen LogP contribution in [0, 0.1) is 11.3 Å². The summed E-state index contributed by atoms with van der Waals surface area (Å²) in [5, 5.41) is 8.87. The van der Waals surface area contributed by atoms with E-state index in [9.17, 15) is 0 Å². The summed E-state index contributed by atoms with van der Waals surface area (Å²) in [5.41, 5.74) is 7.82. The third kappa shape index (κ3) is 2.17. The highest BCUT2D eigenvalue weighted by Crippen LogP contribution is 2.27. The lowest BCUT2D eigenvalue weighted by atomic mass is 10.0. The Morgan fingerprint density at radius 3 is 3.00 bits per heavy atom. The normalized spacial score (nSPS) is 17.7. The van der Waals surface area contributed by atoms with Crippen molar-refractivity contribution < 1.29 is 0 Å². The van der Waals surface area contributed by atoms with Gasteiger partial charge in [-0.25, -0.2) is 0 Å². The van der Waals surface area contributed by atoms with Crippen molar-refractivity contribution in [2.45, 2.75) is 25.3 Å². The second-order valence-corrected chi connectivity index (χ2v) is 4.65. The summed E-state index contributed by atoms with van der Waals surface area (Å²) in [5.74, 6) is 0. The fraction of sp³-hybridized carbons (Fsp3) is 0.462. The number of rotatable bonds is 3. The number of fused-ring (bicyclic) bond motifs is 1. The average molecular weight is 215 g/mol. The third-order valence-corrected chi connectivity index (χ3v) is 3.14. The molecule has 0 spiro atoms. The third-order valence-electron chi connectivity index (χ3n) is 3.14. The van der Waals surface area contributed by atoms with Gasteiger partial charge >= 0.3 is 0 Å². The van der Waals surface area contributed by atoms with Crippen LogP contribution in [0.1, 0.15) is 18.9 Å². The molecule has 0 bridgehead atoms. The van der Waals surface area contributed by atoms with E-state index in [1.54, 1.807) is 6.92 Å². The molecule has 3 nitrogen and oxygen atoms in total. The van der Waals surface area contributed by atoms with Gasteiger partial charge in [0.2, 0.25) is 0 Å². The zero-order valence-corrected chi connectivity index (χ0v) is 9.61. The Labute approximate surface area is 96.5 Å². The molecule has 16 heavy (non-hydrogen) atoms. The van der Waals surface area contributed by atoms with Gasteiger partial charge in [0, 0.05) is 18.8 Å². The van der Waals surface area contributed by atoms with Gasteiger partial charge in [0.25, 0.3) is 0 Å². The van der Waals surface area contributed by atoms with E-state index in [2.05, 4.69) is 35.2 Å². The first-order valence-electron chi connectivity index (χ1n) is 5.65. The van der Waals surface area contributed by atoms with Crippen LogP contribution in [-0.4, -0.2) is 18.6 Å². The second-order valence-electron chi connectivity index (χ2n) is 4.65. The zero-order valence-electron chi connectivity index (χ0n) is 9.61. The molecule has 0 amide bonds. The van der Waals surface area contributed by atoms with E-state index in [4.69, 9.17) is 11.0 Å². The highest BCUT2D eigenvalue weighted by molar-refractivity contribution is 5.57. The summed E-state index contributed by atoms with van der Waals surface area (Å²) in [7, 11) is 0. The Morgan fingerprint density at radius 2 is 2.25 bits per heavy atom. The van der Waals surface area contributed by atoms with Crippen LogP contribution in [0.2, 0.25) is 0 Å². The minimum atomic E-state index is -0.711. The molecule has 1 aromatic rings. The predicted octanol–water partition coefficient (Wildman–Crippen LogP) is 1.68. The van der Waals surface area contributed by atoms with Crippen molar-refractivity contribution in [3.05, 3.63) is 29.8 Å². The molecule has 1 aromatic carbocycles. The Bertz CT molecular complexity index is 417. The molecular weight excluding hydrogens is 198 g/mol. The fourth-order valence-electron chi connectivity index (χ4n) is 2.06. The molecule has 1 aliphatic rings. The van der Waals surface area contributed by atoms with Gasteiger partial charge in [-0.05, 0) is 31.4 Å². The van der Waals surface area contributed by atoms with Crippen molar-refractivity contribution in [3.63, 3.8) is 0 Å². The number of anilines is 1. The van der Waals surface area contributed by atoms with Gasteiger partial charge in [0.15, 0.2) is 0 Å². The molecule has 0 aromatic heterocycles. The maximum atomic E-state index is 8.87. The lowest BCUT2D eigenvalue weighted by molar-refractivity contribution is 0.542. The maximum absolute atomic E-state index is 8.87. The fourth-order valence-corrected chi connectivity index (χ4v) is 2.06. The monoisotopic (exact) mass is 215 g/mol. The van der Waals surface area contributed by atoms with Gasteiger partial charge in [0.1, 0.15) is 5.54 Å². The second kappa shape index (κ2) is 4.15. The van der Waals surface area contributed by atoms with E-state index in [0.717, 1.165) is 19.5 Å². The summed E-state index contributed by atoms with van der Waals surface area (Å²) in [4.78, 5) is 2.32. The first-order valence-corrected chi connectivity index (χ1v) is 5.65. The molecule has 0 radical (unpaired) electrons. The van der Waals surface area contributed by atoms with Gasteiger partial charge in [-0.1, -0.05) is 18.2 Å². The van der Waals surface area contributed by atoms with Crippen molar-refractivity contribution in [1.29, 1.82) is 5.26 Å². The average Bonchev–Trinajstić information content (AvgIpc) is 2.70. The molecular formula is C13H17N3. The first kappa shape index (κ1) is 11.0. The highest BCUT2D eigenvalue weighted by Gasteiger charge is 2.22. The summed E-state index contributed by atoms with van der Waals surface area (Å²) in [6.45, 7) is 3.69. The summed E-state index contributed by atoms with van der Waals surface area (Å²) in [6, 6.07) is 10.6. The van der Waals surface area contributed by atoms with Gasteiger partial charge in [-0.2, -0.15) is 5.26 Å². The number of hydrogen-bond acceptors (Lipinski definition) is 3. The van der Waals surface area contributed by atoms with Crippen LogP contribution in [0.5, 0.6) is 0 Å². The first-order chi connectivity index (χ1) is 7.62. The lowest BCUT2D eigenvalue weighted by Crippen LogP contribution is -2.38. The van der Waals surface area contributed by atoms with Gasteiger partial charge in [-0.15, -0.1) is 0 Å². The minimum absolute atomic E-state index is 0.706. The predicted molar refractivity (Wildman–Crippen MR) is 65.2 cm³/mol. The van der Waals surface area contributed by atoms with Gasteiger partial charge in [0.05, 0.1) is 6.07 Å². The van der Waals surface area contributed by atoms with Crippen molar-refractivity contribution in [3.8, 4) is 6.07 Å². The number of nitrogens with two attached hydrogens (primary N) is 1. The van der Waals surface area contributed by atoms with E-state index < -0.39 is 5.54 Å². The van der Waals surface area contributed by atoms with E-state index >= 15 is 0 Å². The Balaban J connectivity index is 2.02. The number of nitriles is 1. The number of nitrogens with zero attached hydrogens (tertiary/aromatic N) is 2. The largest absolute Gasteiger partial charge is 0.371 e. The molecule has 3 heteroatoms. The molecule has 1 aliphatic heterocycles. The number of benzene rings is 1. The molecule has 2 rings (SSSR count). The Hall–Kier alpha value is -1.53. The number of hydrogen-bond donors (Lipinski definition) is 1. The number of para-hydroxylation sites is 1. The lowest BCUT2D eigenvalue weighted by Gasteiger charge is -2.23. The molecule has 1 atom stereocenters. The van der Waals surface area contributed by atoms with Crippen LogP contribution in [0.15, 0.2) is 24.3 Å². The van der Waals surface area contributed by atoms with Gasteiger partial charge in [-0.3, -0.25) is 0 Å². The smallest absolute Gasteiger partial charge is 0.103 e. The van der Waals surface area contributed by atoms with Crippen LogP contribution in [-0.2, 0) is 6.42 Å². The van der Waals surface area contributed by atoms with Crippen molar-refractivity contribution in [1.82, 2.24) is 0 Å². The molecule has 0 saturated carbocycles. The highest BCUT2D eigenvalue weighted by atomic mass is 15.1. The molecule has 1 heterocycles. The summed E-state index contributed by atoms with van der Waals surface area (Å²) < 4.78 is 0. The van der Waals surface area contributed by atoms with Gasteiger partial charge < -0.3 is 10.6 Å². The van der Waals surface area contributed by atoms with Crippen LogP contribution < -0.4 is 10.6 Å². The topological polar surface area (TPSA) is 53.1 Å². The Kier molecular flexibility index (Phi) is 2.84. The van der Waals surface area contributed by atoms with Crippen LogP contribution in [0.4, 0.5) is 5.69 Å². The van der Waals surface area contributed by atoms with E-state index in [0.29, 0.717) is 6.42 Å². The van der Waals surface area contributed by atoms with Crippen molar-refractivity contribution in [2.24, 2.45) is 5.73 Å². The molecule has 1 unspecified atom stereocenters.